The molecular formula is C17H16N3S+. The number of para-hydroxylation sites is 2. The number of aromatic nitrogens is 2. The summed E-state index contributed by atoms with van der Waals surface area (Å²) >= 11 is 1.86. The van der Waals surface area contributed by atoms with E-state index < -0.39 is 0 Å². The average Bonchev–Trinajstić information content (AvgIpc) is 2.80. The van der Waals surface area contributed by atoms with Gasteiger partial charge in [-0.05, 0) is 30.8 Å². The van der Waals surface area contributed by atoms with Crippen LogP contribution in [-0.4, -0.2) is 15.6 Å². The highest BCUT2D eigenvalue weighted by atomic mass is 32.2. The number of hydrogen-bond acceptors (Lipinski definition) is 2. The van der Waals surface area contributed by atoms with Gasteiger partial charge in [0.1, 0.15) is 5.71 Å². The minimum Gasteiger partial charge on any atom is -0.218 e. The fraction of sp³-hybridized carbons (Fsp3) is 0.176. The molecule has 4 rings (SSSR count). The molecule has 2 aromatic carbocycles. The van der Waals surface area contributed by atoms with Gasteiger partial charge in [0.2, 0.25) is 5.52 Å². The molecule has 1 aliphatic rings. The zero-order valence-corrected chi connectivity index (χ0v) is 12.8. The molecule has 0 saturated heterocycles. The van der Waals surface area contributed by atoms with Crippen molar-refractivity contribution in [3.63, 3.8) is 0 Å². The highest BCUT2D eigenvalue weighted by molar-refractivity contribution is 8.00. The molecule has 4 heteroatoms. The zero-order valence-electron chi connectivity index (χ0n) is 12.0. The summed E-state index contributed by atoms with van der Waals surface area (Å²) in [5.74, 6) is 0. The molecule has 0 radical (unpaired) electrons. The Balaban J connectivity index is 1.98. The summed E-state index contributed by atoms with van der Waals surface area (Å²) in [6.45, 7) is 2.22. The van der Waals surface area contributed by atoms with Crippen molar-refractivity contribution in [3.05, 3.63) is 60.2 Å². The van der Waals surface area contributed by atoms with E-state index in [9.17, 15) is 0 Å². The third kappa shape index (κ3) is 1.90. The molecule has 0 saturated carbocycles. The van der Waals surface area contributed by atoms with Crippen LogP contribution in [0.2, 0.25) is 0 Å². The first-order valence-electron chi connectivity index (χ1n) is 7.06. The van der Waals surface area contributed by atoms with Crippen LogP contribution in [0.15, 0.2) is 64.9 Å². The van der Waals surface area contributed by atoms with E-state index in [2.05, 4.69) is 71.7 Å². The van der Waals surface area contributed by atoms with Gasteiger partial charge in [0, 0.05) is 5.56 Å². The van der Waals surface area contributed by atoms with Crippen LogP contribution in [-0.2, 0) is 7.05 Å². The molecule has 2 heterocycles. The van der Waals surface area contributed by atoms with Gasteiger partial charge in [-0.15, -0.1) is 0 Å². The summed E-state index contributed by atoms with van der Waals surface area (Å²) < 4.78 is 4.30. The first-order chi connectivity index (χ1) is 10.3. The van der Waals surface area contributed by atoms with Crippen LogP contribution >= 0.6 is 11.8 Å². The summed E-state index contributed by atoms with van der Waals surface area (Å²) in [6, 6.07) is 18.8. The number of benzene rings is 2. The Hall–Kier alpha value is -2.07. The molecule has 1 atom stereocenters. The van der Waals surface area contributed by atoms with Crippen molar-refractivity contribution in [2.45, 2.75) is 17.3 Å². The Kier molecular flexibility index (Phi) is 2.86. The normalized spacial score (nSPS) is 17.6. The molecule has 0 bridgehead atoms. The quantitative estimate of drug-likeness (QED) is 0.631. The molecular weight excluding hydrogens is 278 g/mol. The Morgan fingerprint density at radius 3 is 2.57 bits per heavy atom. The van der Waals surface area contributed by atoms with Crippen molar-refractivity contribution in [2.75, 3.05) is 0 Å². The lowest BCUT2D eigenvalue weighted by molar-refractivity contribution is -0.685. The van der Waals surface area contributed by atoms with Gasteiger partial charge in [-0.1, -0.05) is 52.2 Å². The van der Waals surface area contributed by atoms with E-state index in [1.807, 2.05) is 17.8 Å². The second-order valence-electron chi connectivity index (χ2n) is 5.25. The molecule has 3 nitrogen and oxygen atoms in total. The van der Waals surface area contributed by atoms with Gasteiger partial charge in [0.15, 0.2) is 5.52 Å². The van der Waals surface area contributed by atoms with Crippen molar-refractivity contribution < 1.29 is 4.57 Å². The number of thioether (sulfide) groups is 1. The molecule has 1 aromatic heterocycles. The van der Waals surface area contributed by atoms with Crippen LogP contribution in [0.1, 0.15) is 12.5 Å². The number of fused-ring (bicyclic) bond motifs is 3. The van der Waals surface area contributed by atoms with Crippen LogP contribution in [0, 0.1) is 0 Å². The molecule has 0 spiro atoms. The zero-order chi connectivity index (χ0) is 14.4. The summed E-state index contributed by atoms with van der Waals surface area (Å²) in [4.78, 5) is 0. The molecule has 3 aromatic rings. The fourth-order valence-corrected chi connectivity index (χ4v) is 3.91. The lowest BCUT2D eigenvalue weighted by Crippen LogP contribution is -2.33. The summed E-state index contributed by atoms with van der Waals surface area (Å²) in [5.41, 5.74) is 4.70. The summed E-state index contributed by atoms with van der Waals surface area (Å²) in [5, 5.41) is 6.46. The highest BCUT2D eigenvalue weighted by Gasteiger charge is 2.32. The Bertz CT molecular complexity index is 849. The standard InChI is InChI=1S/C17H16N3S/c1-12-16(13-8-4-3-5-9-13)18-20-15-11-7-6-10-14(15)19(2)17(20)21-12/h3-12H,1-2H3/q+1/t12-/m0/s1. The van der Waals surface area contributed by atoms with Crippen molar-refractivity contribution in [2.24, 2.45) is 12.1 Å². The molecule has 0 fully saturated rings. The van der Waals surface area contributed by atoms with Crippen LogP contribution in [0.5, 0.6) is 0 Å². The van der Waals surface area contributed by atoms with Gasteiger partial charge >= 0.3 is 5.16 Å². The van der Waals surface area contributed by atoms with E-state index in [0.717, 1.165) is 11.2 Å². The largest absolute Gasteiger partial charge is 0.345 e. The Morgan fingerprint density at radius 2 is 1.76 bits per heavy atom. The van der Waals surface area contributed by atoms with E-state index in [0.29, 0.717) is 5.25 Å². The van der Waals surface area contributed by atoms with Gasteiger partial charge in [0.25, 0.3) is 0 Å². The second-order valence-corrected chi connectivity index (χ2v) is 6.56. The fourth-order valence-electron chi connectivity index (χ4n) is 2.81. The number of rotatable bonds is 1. The highest BCUT2D eigenvalue weighted by Crippen LogP contribution is 2.31. The maximum Gasteiger partial charge on any atom is 0.345 e. The predicted molar refractivity (Wildman–Crippen MR) is 86.8 cm³/mol. The van der Waals surface area contributed by atoms with Crippen molar-refractivity contribution in [1.82, 2.24) is 4.68 Å². The number of hydrogen-bond donors (Lipinski definition) is 0. The third-order valence-electron chi connectivity index (χ3n) is 3.88. The molecule has 104 valence electrons. The van der Waals surface area contributed by atoms with Crippen LogP contribution in [0.25, 0.3) is 11.0 Å². The molecule has 1 aliphatic heterocycles. The Labute approximate surface area is 127 Å². The van der Waals surface area contributed by atoms with E-state index in [1.54, 1.807) is 0 Å². The smallest absolute Gasteiger partial charge is 0.218 e. The van der Waals surface area contributed by atoms with Crippen LogP contribution in [0.4, 0.5) is 0 Å². The molecule has 0 unspecified atom stereocenters. The SMILES string of the molecule is C[C@@H]1Sc2n(c3ccccc3[n+]2C)N=C1c1ccccc1. The van der Waals surface area contributed by atoms with E-state index in [1.165, 1.54) is 16.2 Å². The number of nitrogens with zero attached hydrogens (tertiary/aromatic N) is 3. The monoisotopic (exact) mass is 294 g/mol. The summed E-state index contributed by atoms with van der Waals surface area (Å²) in [7, 11) is 2.11. The van der Waals surface area contributed by atoms with Crippen LogP contribution < -0.4 is 4.57 Å². The van der Waals surface area contributed by atoms with Crippen molar-refractivity contribution >= 4 is 28.5 Å². The van der Waals surface area contributed by atoms with Gasteiger partial charge < -0.3 is 0 Å². The van der Waals surface area contributed by atoms with E-state index in [4.69, 9.17) is 5.10 Å². The van der Waals surface area contributed by atoms with Crippen molar-refractivity contribution in [1.29, 1.82) is 0 Å². The molecule has 21 heavy (non-hydrogen) atoms. The second kappa shape index (κ2) is 4.74. The maximum atomic E-state index is 4.94. The number of aryl methyl sites for hydroxylation is 1. The lowest BCUT2D eigenvalue weighted by Gasteiger charge is -2.15. The van der Waals surface area contributed by atoms with Crippen molar-refractivity contribution in [3.8, 4) is 0 Å². The average molecular weight is 294 g/mol. The van der Waals surface area contributed by atoms with Gasteiger partial charge in [-0.3, -0.25) is 0 Å². The topological polar surface area (TPSA) is 21.2 Å². The lowest BCUT2D eigenvalue weighted by atomic mass is 10.1. The molecule has 0 N–H and O–H groups in total. The third-order valence-corrected chi connectivity index (χ3v) is 5.12. The minimum atomic E-state index is 0.343. The first kappa shape index (κ1) is 12.7. The number of imidazole rings is 1. The molecule has 0 amide bonds. The Morgan fingerprint density at radius 1 is 1.05 bits per heavy atom. The molecule has 0 aliphatic carbocycles. The van der Waals surface area contributed by atoms with E-state index >= 15 is 0 Å². The minimum absolute atomic E-state index is 0.343. The predicted octanol–water partition coefficient (Wildman–Crippen LogP) is 3.21. The van der Waals surface area contributed by atoms with Gasteiger partial charge in [-0.2, -0.15) is 0 Å². The van der Waals surface area contributed by atoms with Crippen LogP contribution in [0.3, 0.4) is 0 Å². The van der Waals surface area contributed by atoms with E-state index in [-0.39, 0.29) is 0 Å². The first-order valence-corrected chi connectivity index (χ1v) is 7.94. The van der Waals surface area contributed by atoms with Gasteiger partial charge in [-0.25, -0.2) is 4.57 Å². The summed E-state index contributed by atoms with van der Waals surface area (Å²) in [6.07, 6.45) is 0. The maximum absolute atomic E-state index is 4.94. The van der Waals surface area contributed by atoms with Gasteiger partial charge in [0.05, 0.1) is 12.3 Å².